The summed E-state index contributed by atoms with van der Waals surface area (Å²) in [6, 6.07) is 12.7. The van der Waals surface area contributed by atoms with Crippen LogP contribution in [0.2, 0.25) is 0 Å². The molecule has 0 bridgehead atoms. The van der Waals surface area contributed by atoms with Gasteiger partial charge in [0, 0.05) is 17.2 Å². The van der Waals surface area contributed by atoms with Crippen molar-refractivity contribution in [1.29, 1.82) is 0 Å². The zero-order chi connectivity index (χ0) is 25.2. The largest absolute Gasteiger partial charge is 0.455 e. The molecule has 0 aliphatic carbocycles. The number of benzene rings is 2. The van der Waals surface area contributed by atoms with E-state index in [0.717, 1.165) is 5.56 Å². The van der Waals surface area contributed by atoms with Gasteiger partial charge in [-0.3, -0.25) is 15.5 Å². The highest BCUT2D eigenvalue weighted by Crippen LogP contribution is 2.31. The second-order valence-corrected chi connectivity index (χ2v) is 7.72. The van der Waals surface area contributed by atoms with E-state index in [-0.39, 0.29) is 34.3 Å². The van der Waals surface area contributed by atoms with Gasteiger partial charge in [0.1, 0.15) is 17.3 Å². The molecular formula is C23H17FN8O4. The molecule has 0 fully saturated rings. The molecule has 3 aromatic heterocycles. The summed E-state index contributed by atoms with van der Waals surface area (Å²) in [5.74, 6) is 0.620. The molecule has 5 aromatic rings. The van der Waals surface area contributed by atoms with Gasteiger partial charge < -0.3 is 9.73 Å². The molecule has 5 rings (SSSR count). The van der Waals surface area contributed by atoms with Crippen molar-refractivity contribution in [2.24, 2.45) is 5.10 Å². The Morgan fingerprint density at radius 1 is 1.03 bits per heavy atom. The highest BCUT2D eigenvalue weighted by molar-refractivity contribution is 5.80. The van der Waals surface area contributed by atoms with Crippen LogP contribution in [0.25, 0.3) is 22.6 Å². The van der Waals surface area contributed by atoms with Crippen LogP contribution in [0.5, 0.6) is 0 Å². The number of hydrogen-bond donors (Lipinski definition) is 2. The standard InChI is InChI=1S/C23H17FN8O4/c1-12-9-13(2)18(32(33)34)10-15(12)19-8-7-14(35-19)11-25-29-21-20(26-17-6-4-3-5-16(17)24)27-22-23(28-21)31-36-30-22/h3-11H,1-2H3,(H,26,27,30)(H,28,29,31)/b25-11+. The number of nitro groups is 1. The molecule has 12 nitrogen and oxygen atoms in total. The van der Waals surface area contributed by atoms with Gasteiger partial charge in [0.25, 0.3) is 5.69 Å². The zero-order valence-corrected chi connectivity index (χ0v) is 18.9. The summed E-state index contributed by atoms with van der Waals surface area (Å²) in [6.45, 7) is 3.53. The number of nitrogens with one attached hydrogen (secondary N) is 2. The molecule has 0 unspecified atom stereocenters. The highest BCUT2D eigenvalue weighted by Gasteiger charge is 2.17. The first-order valence-corrected chi connectivity index (χ1v) is 10.6. The van der Waals surface area contributed by atoms with E-state index in [9.17, 15) is 14.5 Å². The minimum absolute atomic E-state index is 0.00933. The summed E-state index contributed by atoms with van der Waals surface area (Å²) < 4.78 is 24.6. The summed E-state index contributed by atoms with van der Waals surface area (Å²) in [5.41, 5.74) is 5.17. The molecule has 2 N–H and O–H groups in total. The maximum atomic E-state index is 14.1. The van der Waals surface area contributed by atoms with E-state index in [1.807, 2.05) is 6.92 Å². The molecule has 2 aromatic carbocycles. The number of nitro benzene ring substituents is 1. The number of rotatable bonds is 7. The van der Waals surface area contributed by atoms with Gasteiger partial charge >= 0.3 is 0 Å². The SMILES string of the molecule is Cc1cc(C)c([N+](=O)[O-])cc1-c1ccc(/C=N/Nc2nc3nonc3nc2Nc2ccccc2F)o1. The Morgan fingerprint density at radius 2 is 1.78 bits per heavy atom. The van der Waals surface area contributed by atoms with Crippen LogP contribution in [0.3, 0.4) is 0 Å². The normalized spacial score (nSPS) is 11.3. The average Bonchev–Trinajstić information content (AvgIpc) is 3.50. The topological polar surface area (TPSA) is 157 Å². The number of hydrogen-bond acceptors (Lipinski definition) is 11. The Labute approximate surface area is 202 Å². The molecular weight excluding hydrogens is 471 g/mol. The van der Waals surface area contributed by atoms with Gasteiger partial charge in [-0.1, -0.05) is 12.1 Å². The summed E-state index contributed by atoms with van der Waals surface area (Å²) >= 11 is 0. The van der Waals surface area contributed by atoms with Crippen molar-refractivity contribution >= 4 is 40.5 Å². The van der Waals surface area contributed by atoms with E-state index in [1.54, 1.807) is 37.3 Å². The van der Waals surface area contributed by atoms with E-state index < -0.39 is 10.7 Å². The van der Waals surface area contributed by atoms with Gasteiger partial charge in [-0.05, 0) is 60.1 Å². The molecule has 0 aliphatic rings. The molecule has 0 saturated heterocycles. The number of halogens is 1. The number of hydrazone groups is 1. The predicted octanol–water partition coefficient (Wildman–Crippen LogP) is 5.13. The van der Waals surface area contributed by atoms with Crippen LogP contribution in [0, 0.1) is 29.8 Å². The lowest BCUT2D eigenvalue weighted by molar-refractivity contribution is -0.385. The Bertz CT molecular complexity index is 1630. The van der Waals surface area contributed by atoms with Crippen LogP contribution in [0.15, 0.2) is 62.7 Å². The first-order chi connectivity index (χ1) is 17.4. The van der Waals surface area contributed by atoms with Gasteiger partial charge in [0.2, 0.25) is 11.3 Å². The fourth-order valence-corrected chi connectivity index (χ4v) is 3.52. The number of nitrogens with zero attached hydrogens (tertiary/aromatic N) is 6. The van der Waals surface area contributed by atoms with Crippen LogP contribution in [0.1, 0.15) is 16.9 Å². The van der Waals surface area contributed by atoms with E-state index >= 15 is 0 Å². The molecule has 0 saturated carbocycles. The molecule has 0 aliphatic heterocycles. The number of anilines is 3. The maximum Gasteiger partial charge on any atom is 0.273 e. The van der Waals surface area contributed by atoms with Gasteiger partial charge in [0.05, 0.1) is 16.8 Å². The Morgan fingerprint density at radius 3 is 2.53 bits per heavy atom. The summed E-state index contributed by atoms with van der Waals surface area (Å²) in [4.78, 5) is 19.4. The minimum Gasteiger partial charge on any atom is -0.455 e. The lowest BCUT2D eigenvalue weighted by Crippen LogP contribution is -2.04. The molecule has 13 heteroatoms. The first kappa shape index (κ1) is 22.6. The molecule has 0 spiro atoms. The predicted molar refractivity (Wildman–Crippen MR) is 129 cm³/mol. The van der Waals surface area contributed by atoms with Crippen molar-refractivity contribution in [1.82, 2.24) is 20.3 Å². The summed E-state index contributed by atoms with van der Waals surface area (Å²) in [6.07, 6.45) is 1.39. The zero-order valence-electron chi connectivity index (χ0n) is 18.9. The van der Waals surface area contributed by atoms with Gasteiger partial charge in [-0.15, -0.1) is 0 Å². The molecule has 0 radical (unpaired) electrons. The van der Waals surface area contributed by atoms with Crippen LogP contribution >= 0.6 is 0 Å². The third-order valence-corrected chi connectivity index (χ3v) is 5.24. The van der Waals surface area contributed by atoms with Crippen LogP contribution in [-0.4, -0.2) is 31.4 Å². The van der Waals surface area contributed by atoms with Crippen molar-refractivity contribution in [3.63, 3.8) is 0 Å². The van der Waals surface area contributed by atoms with E-state index in [2.05, 4.69) is 40.8 Å². The maximum absolute atomic E-state index is 14.1. The number of furan rings is 1. The second kappa shape index (κ2) is 9.21. The van der Waals surface area contributed by atoms with Gasteiger partial charge in [0.15, 0.2) is 11.6 Å². The Kier molecular flexibility index (Phi) is 5.78. The van der Waals surface area contributed by atoms with Crippen molar-refractivity contribution in [2.75, 3.05) is 10.7 Å². The van der Waals surface area contributed by atoms with E-state index in [1.165, 1.54) is 24.4 Å². The second-order valence-electron chi connectivity index (χ2n) is 7.72. The molecule has 0 amide bonds. The third kappa shape index (κ3) is 4.44. The van der Waals surface area contributed by atoms with E-state index in [0.29, 0.717) is 22.6 Å². The minimum atomic E-state index is -0.484. The van der Waals surface area contributed by atoms with Gasteiger partial charge in [-0.25, -0.2) is 14.0 Å². The lowest BCUT2D eigenvalue weighted by atomic mass is 10.0. The quantitative estimate of drug-likeness (QED) is 0.179. The highest BCUT2D eigenvalue weighted by atomic mass is 19.1. The molecule has 36 heavy (non-hydrogen) atoms. The van der Waals surface area contributed by atoms with Crippen LogP contribution < -0.4 is 10.7 Å². The van der Waals surface area contributed by atoms with Gasteiger partial charge in [-0.2, -0.15) is 10.1 Å². The fourth-order valence-electron chi connectivity index (χ4n) is 3.52. The third-order valence-electron chi connectivity index (χ3n) is 5.24. The lowest BCUT2D eigenvalue weighted by Gasteiger charge is -2.09. The van der Waals surface area contributed by atoms with Crippen molar-refractivity contribution in [3.05, 3.63) is 81.3 Å². The van der Waals surface area contributed by atoms with Crippen molar-refractivity contribution in [2.45, 2.75) is 13.8 Å². The monoisotopic (exact) mass is 488 g/mol. The Balaban J connectivity index is 1.40. The number of fused-ring (bicyclic) bond motifs is 1. The van der Waals surface area contributed by atoms with Crippen molar-refractivity contribution in [3.8, 4) is 11.3 Å². The number of aryl methyl sites for hydroxylation is 2. The average molecular weight is 488 g/mol. The molecule has 180 valence electrons. The van der Waals surface area contributed by atoms with Crippen molar-refractivity contribution < 1.29 is 18.4 Å². The van der Waals surface area contributed by atoms with E-state index in [4.69, 9.17) is 4.42 Å². The van der Waals surface area contributed by atoms with Crippen LogP contribution in [-0.2, 0) is 0 Å². The number of para-hydroxylation sites is 1. The molecule has 0 atom stereocenters. The summed E-state index contributed by atoms with van der Waals surface area (Å²) in [5, 5.41) is 25.6. The van der Waals surface area contributed by atoms with Crippen LogP contribution in [0.4, 0.5) is 27.4 Å². The summed E-state index contributed by atoms with van der Waals surface area (Å²) in [7, 11) is 0. The fraction of sp³-hybridized carbons (Fsp3) is 0.0870. The Hall–Kier alpha value is -5.20. The number of aromatic nitrogens is 4. The smallest absolute Gasteiger partial charge is 0.273 e. The first-order valence-electron chi connectivity index (χ1n) is 10.6. The molecule has 3 heterocycles.